The third-order valence-electron chi connectivity index (χ3n) is 6.53. The molecule has 1 aromatic heterocycles. The Morgan fingerprint density at radius 3 is 2.26 bits per heavy atom. The van der Waals surface area contributed by atoms with Crippen molar-refractivity contribution >= 4 is 58.6 Å². The molecule has 2 fully saturated rings. The number of likely N-dealkylation sites (N-methyl/N-ethyl adjacent to an activating group) is 1. The number of fused-ring (bicyclic) bond motifs is 1. The van der Waals surface area contributed by atoms with Gasteiger partial charge >= 0.3 is 13.3 Å². The summed E-state index contributed by atoms with van der Waals surface area (Å²) in [4.78, 5) is 52.8. The van der Waals surface area contributed by atoms with E-state index in [0.717, 1.165) is 62.5 Å². The predicted octanol–water partition coefficient (Wildman–Crippen LogP) is 3.68. The number of benzene rings is 1. The van der Waals surface area contributed by atoms with E-state index in [9.17, 15) is 27.1 Å². The molecule has 0 aliphatic carbocycles. The molecule has 3 heterocycles. The highest BCUT2D eigenvalue weighted by atomic mass is 32.2. The zero-order valence-corrected chi connectivity index (χ0v) is 27.5. The summed E-state index contributed by atoms with van der Waals surface area (Å²) in [5.74, 6) is 0.0236. The quantitative estimate of drug-likeness (QED) is 0.233. The van der Waals surface area contributed by atoms with E-state index in [2.05, 4.69) is 28.9 Å². The number of nitrogens with zero attached hydrogens (tertiary/aromatic N) is 2. The Bertz CT molecular complexity index is 1250. The minimum Gasteiger partial charge on any atom is -0.354 e. The fraction of sp³-hybridized carbons (Fsp3) is 0.593. The van der Waals surface area contributed by atoms with Crippen molar-refractivity contribution in [2.45, 2.75) is 57.2 Å². The summed E-state index contributed by atoms with van der Waals surface area (Å²) in [6.45, 7) is 8.23. The lowest BCUT2D eigenvalue weighted by Crippen LogP contribution is -2.56. The van der Waals surface area contributed by atoms with Crippen LogP contribution in [0, 0.1) is 0 Å². The maximum atomic E-state index is 13.6. The van der Waals surface area contributed by atoms with Crippen LogP contribution in [0.4, 0.5) is 8.78 Å². The molecule has 0 saturated carbocycles. The monoisotopic (exact) mass is 668 g/mol. The summed E-state index contributed by atoms with van der Waals surface area (Å²) < 4.78 is 52.1. The first-order valence-corrected chi connectivity index (χ1v) is 17.7. The maximum absolute atomic E-state index is 13.6. The minimum atomic E-state index is -5.60. The van der Waals surface area contributed by atoms with Crippen molar-refractivity contribution < 1.29 is 41.7 Å². The third-order valence-corrected chi connectivity index (χ3v) is 9.30. The third kappa shape index (κ3) is 12.4. The van der Waals surface area contributed by atoms with Crippen LogP contribution in [0.15, 0.2) is 24.3 Å². The van der Waals surface area contributed by atoms with Crippen LogP contribution >= 0.6 is 18.9 Å². The molecule has 2 aliphatic rings. The van der Waals surface area contributed by atoms with Crippen LogP contribution in [0.1, 0.15) is 60.7 Å². The van der Waals surface area contributed by atoms with Crippen LogP contribution in [-0.4, -0.2) is 95.0 Å². The van der Waals surface area contributed by atoms with Gasteiger partial charge < -0.3 is 29.7 Å². The number of hydrogen-bond donors (Lipinski definition) is 4. The summed E-state index contributed by atoms with van der Waals surface area (Å²) in [7, 11) is -2.93. The number of likely N-dealkylation sites (tertiary alicyclic amines) is 2. The zero-order chi connectivity index (χ0) is 32.8. The van der Waals surface area contributed by atoms with Crippen LogP contribution in [0.5, 0.6) is 0 Å². The molecule has 2 aromatic rings. The lowest BCUT2D eigenvalue weighted by Gasteiger charge is -2.35. The number of halogens is 2. The first-order chi connectivity index (χ1) is 20.2. The van der Waals surface area contributed by atoms with Gasteiger partial charge in [-0.25, -0.2) is 8.93 Å². The van der Waals surface area contributed by atoms with E-state index in [0.29, 0.717) is 26.9 Å². The molecular weight excluding hydrogens is 625 g/mol. The standard InChI is InChI=1S/C11H10F2NO4PS.C10H19NO.C5H12N2OS.CH2O/c1-14-10(15)9-5-6-4-7(2-3-8(6)20-9)11(12,13)19(16,17)18;1-2-3-4-7-10(12)11-8-5-6-9-11;1-7-3-5(4-7)6-9(2)8;1-2/h2-5H,1H3,(H,14,15)(H2,16,17,18);2-9H2,1H3;5-6H,3-4H2,1-2H3;1H2. The SMILES string of the molecule is C=O.CCCCCC(=O)N1CCCC1.CN1CC(NS(C)=O)C1.CNC(=O)c1cc2cc(C(F)(F)P(=O)(O)O)ccc2s1. The summed E-state index contributed by atoms with van der Waals surface area (Å²) in [5, 5.41) is 2.74. The second-order valence-electron chi connectivity index (χ2n) is 10.1. The van der Waals surface area contributed by atoms with Gasteiger partial charge in [-0.05, 0) is 49.9 Å². The molecule has 2 amide bonds. The van der Waals surface area contributed by atoms with Crippen LogP contribution in [0.3, 0.4) is 0 Å². The number of amides is 2. The highest BCUT2D eigenvalue weighted by molar-refractivity contribution is 7.82. The first kappa shape index (κ1) is 38.9. The van der Waals surface area contributed by atoms with E-state index >= 15 is 0 Å². The van der Waals surface area contributed by atoms with Gasteiger partial charge in [-0.15, -0.1) is 11.3 Å². The number of hydrogen-bond acceptors (Lipinski definition) is 7. The second-order valence-corrected chi connectivity index (χ2v) is 13.9. The van der Waals surface area contributed by atoms with Gasteiger partial charge in [-0.3, -0.25) is 14.2 Å². The maximum Gasteiger partial charge on any atom is 0.399 e. The van der Waals surface area contributed by atoms with E-state index in [1.807, 2.05) is 11.7 Å². The van der Waals surface area contributed by atoms with Gasteiger partial charge in [0, 0.05) is 62.2 Å². The predicted molar refractivity (Wildman–Crippen MR) is 167 cm³/mol. The number of rotatable bonds is 9. The van der Waals surface area contributed by atoms with Gasteiger partial charge in [0.1, 0.15) is 6.79 Å². The molecule has 4 N–H and O–H groups in total. The summed E-state index contributed by atoms with van der Waals surface area (Å²) in [6, 6.07) is 5.10. The van der Waals surface area contributed by atoms with Gasteiger partial charge in [-0.1, -0.05) is 25.8 Å². The number of unbranched alkanes of at least 4 members (excludes halogenated alkanes) is 2. The number of carbonyl (C=O) groups excluding carboxylic acids is 3. The molecule has 1 aromatic carbocycles. The lowest BCUT2D eigenvalue weighted by atomic mass is 10.1. The molecule has 0 radical (unpaired) electrons. The van der Waals surface area contributed by atoms with E-state index in [1.165, 1.54) is 44.9 Å². The number of thiophene rings is 1. The fourth-order valence-corrected chi connectivity index (χ4v) is 6.38. The van der Waals surface area contributed by atoms with Crippen molar-refractivity contribution in [2.75, 3.05) is 46.5 Å². The van der Waals surface area contributed by atoms with Gasteiger partial charge in [0.25, 0.3) is 5.91 Å². The van der Waals surface area contributed by atoms with Crippen molar-refractivity contribution in [2.24, 2.45) is 0 Å². The minimum absolute atomic E-state index is 0.333. The molecule has 2 aliphatic heterocycles. The van der Waals surface area contributed by atoms with Crippen molar-refractivity contribution in [3.63, 3.8) is 0 Å². The van der Waals surface area contributed by atoms with Crippen molar-refractivity contribution in [3.05, 3.63) is 34.7 Å². The Hall–Kier alpha value is -2.13. The van der Waals surface area contributed by atoms with Crippen molar-refractivity contribution in [3.8, 4) is 0 Å². The molecular formula is C27H43F2N4O7PS2. The second kappa shape index (κ2) is 18.6. The molecule has 43 heavy (non-hydrogen) atoms. The van der Waals surface area contributed by atoms with Gasteiger partial charge in [-0.2, -0.15) is 8.78 Å². The molecule has 1 atom stereocenters. The van der Waals surface area contributed by atoms with Crippen LogP contribution in [0.25, 0.3) is 10.1 Å². The van der Waals surface area contributed by atoms with Crippen LogP contribution < -0.4 is 10.0 Å². The van der Waals surface area contributed by atoms with Crippen LogP contribution in [-0.2, 0) is 30.8 Å². The number of alkyl halides is 2. The highest BCUT2D eigenvalue weighted by Crippen LogP contribution is 2.59. The Morgan fingerprint density at radius 1 is 1.16 bits per heavy atom. The Labute approximate surface area is 258 Å². The number of nitrogens with one attached hydrogen (secondary N) is 2. The van der Waals surface area contributed by atoms with Gasteiger partial charge in [0.2, 0.25) is 5.91 Å². The van der Waals surface area contributed by atoms with E-state index in [-0.39, 0.29) is 5.91 Å². The highest BCUT2D eigenvalue weighted by Gasteiger charge is 2.50. The average Bonchev–Trinajstić information content (AvgIpc) is 3.63. The molecule has 0 bridgehead atoms. The molecule has 244 valence electrons. The normalized spacial score (nSPS) is 16.0. The summed E-state index contributed by atoms with van der Waals surface area (Å²) in [5.41, 5.74) is -5.03. The lowest BCUT2D eigenvalue weighted by molar-refractivity contribution is -0.130. The molecule has 2 saturated heterocycles. The van der Waals surface area contributed by atoms with E-state index in [4.69, 9.17) is 14.6 Å². The van der Waals surface area contributed by atoms with E-state index in [1.54, 1.807) is 6.26 Å². The topological polar surface area (TPSA) is 156 Å². The van der Waals surface area contributed by atoms with Crippen molar-refractivity contribution in [1.82, 2.24) is 19.8 Å². The molecule has 16 heteroatoms. The van der Waals surface area contributed by atoms with E-state index < -0.39 is 29.8 Å². The molecule has 0 spiro atoms. The van der Waals surface area contributed by atoms with Gasteiger partial charge in [0.05, 0.1) is 15.9 Å². The summed E-state index contributed by atoms with van der Waals surface area (Å²) in [6.07, 6.45) is 8.32. The molecule has 1 unspecified atom stereocenters. The Morgan fingerprint density at radius 2 is 1.77 bits per heavy atom. The smallest absolute Gasteiger partial charge is 0.354 e. The zero-order valence-electron chi connectivity index (χ0n) is 25.0. The summed E-state index contributed by atoms with van der Waals surface area (Å²) >= 11 is 1.11. The van der Waals surface area contributed by atoms with Gasteiger partial charge in [0.15, 0.2) is 0 Å². The Kier molecular flexibility index (Phi) is 16.8. The fourth-order valence-electron chi connectivity index (χ4n) is 4.29. The average molecular weight is 669 g/mol. The largest absolute Gasteiger partial charge is 0.399 e. The van der Waals surface area contributed by atoms with Crippen LogP contribution in [0.2, 0.25) is 0 Å². The Balaban J connectivity index is 0.000000342. The molecule has 4 rings (SSSR count). The number of carbonyl (C=O) groups is 3. The first-order valence-electron chi connectivity index (χ1n) is 13.7. The van der Waals surface area contributed by atoms with Crippen molar-refractivity contribution in [1.29, 1.82) is 0 Å². The molecule has 11 nitrogen and oxygen atoms in total.